The molecule has 0 aliphatic heterocycles. The van der Waals surface area contributed by atoms with Gasteiger partial charge in [-0.1, -0.05) is 13.8 Å². The Bertz CT molecular complexity index is 508. The van der Waals surface area contributed by atoms with E-state index >= 15 is 0 Å². The number of nitrogens with two attached hydrogens (primary N) is 1. The number of rotatable bonds is 4. The van der Waals surface area contributed by atoms with Gasteiger partial charge in [0.05, 0.1) is 12.5 Å². The molecule has 0 atom stereocenters. The van der Waals surface area contributed by atoms with E-state index < -0.39 is 0 Å². The first-order chi connectivity index (χ1) is 8.56. The lowest BCUT2D eigenvalue weighted by atomic mass is 10.2. The van der Waals surface area contributed by atoms with Crippen LogP contribution in [0.25, 0.3) is 0 Å². The van der Waals surface area contributed by atoms with Crippen LogP contribution in [-0.4, -0.2) is 17.0 Å². The first kappa shape index (κ1) is 12.4. The molecule has 0 radical (unpaired) electrons. The SMILES string of the molecule is CC(C)c1nc(N)cc(N(C)Cc2ccoc2)n1. The zero-order valence-corrected chi connectivity index (χ0v) is 10.9. The highest BCUT2D eigenvalue weighted by Crippen LogP contribution is 2.19. The molecule has 0 saturated heterocycles. The lowest BCUT2D eigenvalue weighted by Crippen LogP contribution is -2.19. The zero-order valence-electron chi connectivity index (χ0n) is 10.9. The fourth-order valence-electron chi connectivity index (χ4n) is 1.66. The molecule has 2 aromatic rings. The average molecular weight is 246 g/mol. The molecule has 2 N–H and O–H groups in total. The quantitative estimate of drug-likeness (QED) is 0.897. The summed E-state index contributed by atoms with van der Waals surface area (Å²) < 4.78 is 5.05. The summed E-state index contributed by atoms with van der Waals surface area (Å²) in [7, 11) is 1.97. The third-order valence-corrected chi connectivity index (χ3v) is 2.66. The molecule has 18 heavy (non-hydrogen) atoms. The van der Waals surface area contributed by atoms with E-state index in [1.807, 2.05) is 18.0 Å². The van der Waals surface area contributed by atoms with Crippen molar-refractivity contribution < 1.29 is 4.42 Å². The number of nitrogens with zero attached hydrogens (tertiary/aromatic N) is 3. The Morgan fingerprint density at radius 2 is 2.17 bits per heavy atom. The van der Waals surface area contributed by atoms with Gasteiger partial charge in [0.1, 0.15) is 17.5 Å². The van der Waals surface area contributed by atoms with E-state index in [4.69, 9.17) is 10.2 Å². The van der Waals surface area contributed by atoms with Crippen LogP contribution in [0.3, 0.4) is 0 Å². The van der Waals surface area contributed by atoms with Gasteiger partial charge in [0.15, 0.2) is 0 Å². The van der Waals surface area contributed by atoms with Gasteiger partial charge in [0, 0.05) is 31.1 Å². The second-order valence-electron chi connectivity index (χ2n) is 4.65. The topological polar surface area (TPSA) is 68.2 Å². The minimum atomic E-state index is 0.259. The number of anilines is 2. The molecule has 96 valence electrons. The molecule has 0 spiro atoms. The van der Waals surface area contributed by atoms with E-state index in [0.29, 0.717) is 5.82 Å². The van der Waals surface area contributed by atoms with Gasteiger partial charge < -0.3 is 15.1 Å². The summed E-state index contributed by atoms with van der Waals surface area (Å²) in [6.45, 7) is 4.83. The van der Waals surface area contributed by atoms with Gasteiger partial charge in [-0.15, -0.1) is 0 Å². The van der Waals surface area contributed by atoms with Crippen molar-refractivity contribution in [1.29, 1.82) is 0 Å². The second kappa shape index (κ2) is 5.08. The predicted octanol–water partition coefficient (Wildman–Crippen LogP) is 2.41. The van der Waals surface area contributed by atoms with Gasteiger partial charge in [-0.2, -0.15) is 0 Å². The van der Waals surface area contributed by atoms with Crippen molar-refractivity contribution in [1.82, 2.24) is 9.97 Å². The number of nitrogen functional groups attached to an aromatic ring is 1. The van der Waals surface area contributed by atoms with Gasteiger partial charge >= 0.3 is 0 Å². The third-order valence-electron chi connectivity index (χ3n) is 2.66. The van der Waals surface area contributed by atoms with Gasteiger partial charge in [-0.25, -0.2) is 9.97 Å². The minimum absolute atomic E-state index is 0.259. The van der Waals surface area contributed by atoms with Crippen molar-refractivity contribution in [3.63, 3.8) is 0 Å². The number of hydrogen-bond donors (Lipinski definition) is 1. The summed E-state index contributed by atoms with van der Waals surface area (Å²) in [5.41, 5.74) is 6.91. The average Bonchev–Trinajstić information content (AvgIpc) is 2.80. The van der Waals surface area contributed by atoms with E-state index in [1.165, 1.54) is 0 Å². The van der Waals surface area contributed by atoms with Crippen LogP contribution in [0.1, 0.15) is 31.2 Å². The van der Waals surface area contributed by atoms with Gasteiger partial charge in [0.25, 0.3) is 0 Å². The molecule has 2 aromatic heterocycles. The standard InChI is InChI=1S/C13H18N4O/c1-9(2)13-15-11(14)6-12(16-13)17(3)7-10-4-5-18-8-10/h4-6,8-9H,7H2,1-3H3,(H2,14,15,16). The van der Waals surface area contributed by atoms with Crippen molar-refractivity contribution in [3.8, 4) is 0 Å². The van der Waals surface area contributed by atoms with E-state index in [9.17, 15) is 0 Å². The molecule has 0 aromatic carbocycles. The first-order valence-corrected chi connectivity index (χ1v) is 5.93. The van der Waals surface area contributed by atoms with Gasteiger partial charge in [-0.05, 0) is 6.07 Å². The molecule has 5 nitrogen and oxygen atoms in total. The maximum atomic E-state index is 5.81. The van der Waals surface area contributed by atoms with Crippen molar-refractivity contribution in [2.24, 2.45) is 0 Å². The summed E-state index contributed by atoms with van der Waals surface area (Å²) in [5.74, 6) is 2.36. The van der Waals surface area contributed by atoms with Crippen LogP contribution < -0.4 is 10.6 Å². The monoisotopic (exact) mass is 246 g/mol. The van der Waals surface area contributed by atoms with Crippen LogP contribution in [0, 0.1) is 0 Å². The molecule has 5 heteroatoms. The lowest BCUT2D eigenvalue weighted by Gasteiger charge is -2.18. The Balaban J connectivity index is 2.21. The van der Waals surface area contributed by atoms with Crippen LogP contribution >= 0.6 is 0 Å². The largest absolute Gasteiger partial charge is 0.472 e. The Morgan fingerprint density at radius 3 is 2.78 bits per heavy atom. The lowest BCUT2D eigenvalue weighted by molar-refractivity contribution is 0.563. The van der Waals surface area contributed by atoms with Crippen LogP contribution in [0.5, 0.6) is 0 Å². The number of furan rings is 1. The van der Waals surface area contributed by atoms with Crippen molar-refractivity contribution in [3.05, 3.63) is 36.0 Å². The Labute approximate surface area is 107 Å². The molecular formula is C13H18N4O. The van der Waals surface area contributed by atoms with E-state index in [0.717, 1.165) is 23.8 Å². The van der Waals surface area contributed by atoms with Crippen LogP contribution in [0.4, 0.5) is 11.6 Å². The Hall–Kier alpha value is -2.04. The van der Waals surface area contributed by atoms with Gasteiger partial charge in [0.2, 0.25) is 0 Å². The highest BCUT2D eigenvalue weighted by molar-refractivity contribution is 5.47. The van der Waals surface area contributed by atoms with E-state index in [-0.39, 0.29) is 5.92 Å². The van der Waals surface area contributed by atoms with Crippen molar-refractivity contribution in [2.75, 3.05) is 17.7 Å². The molecule has 0 aliphatic rings. The molecular weight excluding hydrogens is 228 g/mol. The van der Waals surface area contributed by atoms with Crippen LogP contribution in [-0.2, 0) is 6.54 Å². The minimum Gasteiger partial charge on any atom is -0.472 e. The molecule has 0 aliphatic carbocycles. The Kier molecular flexibility index (Phi) is 3.50. The van der Waals surface area contributed by atoms with Crippen molar-refractivity contribution >= 4 is 11.6 Å². The zero-order chi connectivity index (χ0) is 13.1. The molecule has 2 heterocycles. The summed E-state index contributed by atoms with van der Waals surface area (Å²) >= 11 is 0. The number of aromatic nitrogens is 2. The molecule has 0 saturated carbocycles. The number of hydrogen-bond acceptors (Lipinski definition) is 5. The summed E-state index contributed by atoms with van der Waals surface area (Å²) in [5, 5.41) is 0. The maximum absolute atomic E-state index is 5.81. The van der Waals surface area contributed by atoms with Crippen LogP contribution in [0.15, 0.2) is 29.1 Å². The Morgan fingerprint density at radius 1 is 1.39 bits per heavy atom. The van der Waals surface area contributed by atoms with E-state index in [1.54, 1.807) is 18.6 Å². The maximum Gasteiger partial charge on any atom is 0.135 e. The smallest absolute Gasteiger partial charge is 0.135 e. The molecule has 0 amide bonds. The van der Waals surface area contributed by atoms with Crippen molar-refractivity contribution in [2.45, 2.75) is 26.3 Å². The predicted molar refractivity (Wildman–Crippen MR) is 71.3 cm³/mol. The third kappa shape index (κ3) is 2.80. The fraction of sp³-hybridized carbons (Fsp3) is 0.385. The molecule has 0 bridgehead atoms. The van der Waals surface area contributed by atoms with Gasteiger partial charge in [-0.3, -0.25) is 0 Å². The summed E-state index contributed by atoms with van der Waals surface area (Å²) in [4.78, 5) is 10.8. The summed E-state index contributed by atoms with van der Waals surface area (Å²) in [6, 6.07) is 3.72. The van der Waals surface area contributed by atoms with E-state index in [2.05, 4.69) is 23.8 Å². The van der Waals surface area contributed by atoms with Crippen LogP contribution in [0.2, 0.25) is 0 Å². The highest BCUT2D eigenvalue weighted by atomic mass is 16.3. The normalized spacial score (nSPS) is 10.9. The first-order valence-electron chi connectivity index (χ1n) is 5.93. The molecule has 0 fully saturated rings. The fourth-order valence-corrected chi connectivity index (χ4v) is 1.66. The molecule has 2 rings (SSSR count). The summed E-state index contributed by atoms with van der Waals surface area (Å²) in [6.07, 6.45) is 3.39. The second-order valence-corrected chi connectivity index (χ2v) is 4.65. The highest BCUT2D eigenvalue weighted by Gasteiger charge is 2.10. The molecule has 0 unspecified atom stereocenters.